The molecule has 0 spiro atoms. The number of carbonyl (C=O) groups is 1. The molecule has 2 atom stereocenters. The van der Waals surface area contributed by atoms with Crippen LogP contribution in [0.25, 0.3) is 11.5 Å². The molecule has 2 aliphatic heterocycles. The zero-order valence-corrected chi connectivity index (χ0v) is 18.2. The first kappa shape index (κ1) is 19.4. The van der Waals surface area contributed by atoms with Crippen molar-refractivity contribution in [3.8, 4) is 5.95 Å². The van der Waals surface area contributed by atoms with Gasteiger partial charge in [0.2, 0.25) is 5.95 Å². The van der Waals surface area contributed by atoms with E-state index in [9.17, 15) is 9.59 Å². The molecule has 2 aliphatic rings. The van der Waals surface area contributed by atoms with E-state index in [1.54, 1.807) is 35.9 Å². The van der Waals surface area contributed by atoms with Gasteiger partial charge in [0, 0.05) is 48.9 Å². The zero-order valence-electron chi connectivity index (χ0n) is 17.4. The molecule has 2 fully saturated rings. The molecule has 164 valence electrons. The van der Waals surface area contributed by atoms with Crippen molar-refractivity contribution in [1.82, 2.24) is 34.7 Å². The number of hydrogen-bond donors (Lipinski definition) is 2. The minimum absolute atomic E-state index is 0.0556. The Kier molecular flexibility index (Phi) is 4.47. The molecule has 2 saturated heterocycles. The number of H-pyrrole nitrogens is 1. The number of carbonyl (C=O) groups excluding carboxylic acids is 1. The van der Waals surface area contributed by atoms with Crippen LogP contribution in [0.15, 0.2) is 40.9 Å². The van der Waals surface area contributed by atoms with Gasteiger partial charge < -0.3 is 10.2 Å². The molecule has 4 aromatic rings. The van der Waals surface area contributed by atoms with Crippen molar-refractivity contribution in [1.29, 1.82) is 0 Å². The van der Waals surface area contributed by atoms with Gasteiger partial charge in [-0.1, -0.05) is 0 Å². The van der Waals surface area contributed by atoms with Crippen LogP contribution >= 0.6 is 11.3 Å². The van der Waals surface area contributed by atoms with Crippen LogP contribution < -0.4 is 15.8 Å². The lowest BCUT2D eigenvalue weighted by atomic mass is 9.81. The van der Waals surface area contributed by atoms with Crippen LogP contribution in [-0.2, 0) is 0 Å². The summed E-state index contributed by atoms with van der Waals surface area (Å²) in [6, 6.07) is 3.97. The average molecular weight is 451 g/mol. The number of piperazine rings is 1. The maximum absolute atomic E-state index is 13.4. The third-order valence-corrected chi connectivity index (χ3v) is 7.25. The SMILES string of the molecule is Cc1c(C(=O)C2CC3CN(c4nccs4)CC(C2)N3)cnn1-c1nn2cccc2c(=O)[nH]1. The van der Waals surface area contributed by atoms with E-state index in [2.05, 4.69) is 30.4 Å². The lowest BCUT2D eigenvalue weighted by Gasteiger charge is -2.44. The highest BCUT2D eigenvalue weighted by atomic mass is 32.1. The molecule has 10 nitrogen and oxygen atoms in total. The first-order chi connectivity index (χ1) is 15.6. The predicted molar refractivity (Wildman–Crippen MR) is 120 cm³/mol. The number of nitrogens with one attached hydrogen (secondary N) is 2. The van der Waals surface area contributed by atoms with Gasteiger partial charge in [-0.05, 0) is 31.9 Å². The average Bonchev–Trinajstić information content (AvgIpc) is 3.53. The van der Waals surface area contributed by atoms with Crippen molar-refractivity contribution in [2.24, 2.45) is 5.92 Å². The Balaban J connectivity index is 1.24. The van der Waals surface area contributed by atoms with E-state index in [0.29, 0.717) is 16.8 Å². The highest BCUT2D eigenvalue weighted by Crippen LogP contribution is 2.31. The Bertz CT molecular complexity index is 1340. The molecule has 2 bridgehead atoms. The van der Waals surface area contributed by atoms with E-state index >= 15 is 0 Å². The summed E-state index contributed by atoms with van der Waals surface area (Å²) >= 11 is 1.65. The van der Waals surface area contributed by atoms with Crippen molar-refractivity contribution in [3.63, 3.8) is 0 Å². The van der Waals surface area contributed by atoms with E-state index in [0.717, 1.165) is 31.1 Å². The summed E-state index contributed by atoms with van der Waals surface area (Å²) < 4.78 is 3.04. The van der Waals surface area contributed by atoms with Crippen LogP contribution in [0.5, 0.6) is 0 Å². The largest absolute Gasteiger partial charge is 0.345 e. The number of fused-ring (bicyclic) bond motifs is 3. The van der Waals surface area contributed by atoms with Crippen molar-refractivity contribution in [2.45, 2.75) is 31.8 Å². The van der Waals surface area contributed by atoms with Gasteiger partial charge >= 0.3 is 0 Å². The predicted octanol–water partition coefficient (Wildman–Crippen LogP) is 1.41. The van der Waals surface area contributed by atoms with Gasteiger partial charge in [0.05, 0.1) is 17.5 Å². The Morgan fingerprint density at radius 3 is 2.81 bits per heavy atom. The summed E-state index contributed by atoms with van der Waals surface area (Å²) in [5.41, 5.74) is 1.47. The molecule has 32 heavy (non-hydrogen) atoms. The van der Waals surface area contributed by atoms with Crippen molar-refractivity contribution in [3.05, 3.63) is 57.7 Å². The van der Waals surface area contributed by atoms with E-state index in [4.69, 9.17) is 0 Å². The lowest BCUT2D eigenvalue weighted by Crippen LogP contribution is -2.61. The van der Waals surface area contributed by atoms with Gasteiger partial charge in [0.1, 0.15) is 5.52 Å². The normalized spacial score (nSPS) is 23.0. The highest BCUT2D eigenvalue weighted by molar-refractivity contribution is 7.13. The quantitative estimate of drug-likeness (QED) is 0.452. The van der Waals surface area contributed by atoms with Crippen LogP contribution in [0.1, 0.15) is 28.9 Å². The topological polar surface area (TPSA) is 113 Å². The molecular weight excluding hydrogens is 428 g/mol. The van der Waals surface area contributed by atoms with Crippen LogP contribution in [-0.4, -0.2) is 60.3 Å². The number of ketones is 1. The molecule has 0 amide bonds. The number of aromatic nitrogens is 6. The maximum Gasteiger partial charge on any atom is 0.276 e. The molecule has 0 aliphatic carbocycles. The molecular formula is C21H22N8O2S. The van der Waals surface area contributed by atoms with Gasteiger partial charge in [-0.25, -0.2) is 14.2 Å². The maximum atomic E-state index is 13.4. The summed E-state index contributed by atoms with van der Waals surface area (Å²) in [6.45, 7) is 3.55. The summed E-state index contributed by atoms with van der Waals surface area (Å²) in [7, 11) is 0. The minimum Gasteiger partial charge on any atom is -0.345 e. The summed E-state index contributed by atoms with van der Waals surface area (Å²) in [6.07, 6.45) is 6.71. The fraction of sp³-hybridized carbons (Fsp3) is 0.381. The van der Waals surface area contributed by atoms with Crippen LogP contribution in [0.2, 0.25) is 0 Å². The second-order valence-corrected chi connectivity index (χ2v) is 9.36. The van der Waals surface area contributed by atoms with E-state index in [1.165, 1.54) is 9.20 Å². The zero-order chi connectivity index (χ0) is 21.8. The van der Waals surface area contributed by atoms with E-state index in [-0.39, 0.29) is 35.3 Å². The van der Waals surface area contributed by atoms with Gasteiger partial charge in [-0.15, -0.1) is 16.4 Å². The molecule has 2 N–H and O–H groups in total. The number of piperidine rings is 1. The fourth-order valence-electron chi connectivity index (χ4n) is 4.97. The van der Waals surface area contributed by atoms with Crippen molar-refractivity contribution in [2.75, 3.05) is 18.0 Å². The van der Waals surface area contributed by atoms with E-state index in [1.807, 2.05) is 18.5 Å². The number of rotatable bonds is 4. The standard InChI is InChI=1S/C21H22N8O2S/c1-12-16(9-23-29(12)20-25-19(31)17-3-2-5-28(17)26-20)18(30)13-7-14-10-27(11-15(8-13)24-14)21-22-4-6-32-21/h2-6,9,13-15,24H,7-8,10-11H2,1H3,(H,25,26,31). The lowest BCUT2D eigenvalue weighted by molar-refractivity contribution is 0.0844. The van der Waals surface area contributed by atoms with Crippen LogP contribution in [0, 0.1) is 12.8 Å². The number of thiazole rings is 1. The molecule has 6 heterocycles. The van der Waals surface area contributed by atoms with Crippen molar-refractivity contribution < 1.29 is 4.79 Å². The van der Waals surface area contributed by atoms with E-state index < -0.39 is 0 Å². The molecule has 4 aromatic heterocycles. The molecule has 0 saturated carbocycles. The molecule has 0 radical (unpaired) electrons. The van der Waals surface area contributed by atoms with Gasteiger partial charge in [-0.2, -0.15) is 5.10 Å². The summed E-state index contributed by atoms with van der Waals surface area (Å²) in [5, 5.41) is 15.5. The fourth-order valence-corrected chi connectivity index (χ4v) is 5.63. The third-order valence-electron chi connectivity index (χ3n) is 6.42. The minimum atomic E-state index is -0.251. The second-order valence-electron chi connectivity index (χ2n) is 8.48. The number of Topliss-reactive ketones (excluding diaryl/α,β-unsaturated/α-hetero) is 1. The Hall–Kier alpha value is -3.31. The second kappa shape index (κ2) is 7.38. The highest BCUT2D eigenvalue weighted by Gasteiger charge is 2.39. The number of nitrogens with zero attached hydrogens (tertiary/aromatic N) is 6. The number of aromatic amines is 1. The summed E-state index contributed by atoms with van der Waals surface area (Å²) in [4.78, 5) is 35.3. The smallest absolute Gasteiger partial charge is 0.276 e. The van der Waals surface area contributed by atoms with Gasteiger partial charge in [0.25, 0.3) is 5.56 Å². The molecule has 0 aromatic carbocycles. The van der Waals surface area contributed by atoms with Crippen LogP contribution in [0.4, 0.5) is 5.13 Å². The van der Waals surface area contributed by atoms with Crippen LogP contribution in [0.3, 0.4) is 0 Å². The van der Waals surface area contributed by atoms with Gasteiger partial charge in [-0.3, -0.25) is 14.6 Å². The monoisotopic (exact) mass is 450 g/mol. The third kappa shape index (κ3) is 3.16. The Labute approximate surface area is 186 Å². The number of hydrogen-bond acceptors (Lipinski definition) is 8. The molecule has 6 rings (SSSR count). The Morgan fingerprint density at radius 2 is 2.06 bits per heavy atom. The first-order valence-electron chi connectivity index (χ1n) is 10.6. The Morgan fingerprint density at radius 1 is 1.25 bits per heavy atom. The first-order valence-corrected chi connectivity index (χ1v) is 11.5. The molecule has 11 heteroatoms. The molecule has 2 unspecified atom stereocenters. The van der Waals surface area contributed by atoms with Crippen molar-refractivity contribution >= 4 is 27.8 Å². The van der Waals surface area contributed by atoms with Gasteiger partial charge in [0.15, 0.2) is 10.9 Å². The summed E-state index contributed by atoms with van der Waals surface area (Å²) in [5.74, 6) is 0.342. The number of anilines is 1.